The number of phenolic OH excluding ortho intramolecular Hbond substituents is 1. The first-order valence-electron chi connectivity index (χ1n) is 8.13. The second-order valence-electron chi connectivity index (χ2n) is 6.48. The summed E-state index contributed by atoms with van der Waals surface area (Å²) in [4.78, 5) is 0. The van der Waals surface area contributed by atoms with Crippen LogP contribution < -0.4 is 10.1 Å². The highest BCUT2D eigenvalue weighted by Gasteiger charge is 2.39. The monoisotopic (exact) mass is 381 g/mol. The van der Waals surface area contributed by atoms with E-state index >= 15 is 0 Å². The first-order chi connectivity index (χ1) is 12.3. The van der Waals surface area contributed by atoms with E-state index in [1.54, 1.807) is 18.2 Å². The molecule has 0 radical (unpaired) electrons. The SMILES string of the molecule is Oc1ccc(C2Nc3ccc(OC(F)(F)F)cc3C3C=CCC32)c(Cl)c1. The van der Waals surface area contributed by atoms with Crippen LogP contribution in [0.15, 0.2) is 48.6 Å². The first-order valence-corrected chi connectivity index (χ1v) is 8.51. The second-order valence-corrected chi connectivity index (χ2v) is 6.89. The summed E-state index contributed by atoms with van der Waals surface area (Å²) < 4.78 is 41.6. The lowest BCUT2D eigenvalue weighted by Gasteiger charge is -2.38. The maximum absolute atomic E-state index is 12.5. The van der Waals surface area contributed by atoms with Gasteiger partial charge in [0.05, 0.1) is 6.04 Å². The topological polar surface area (TPSA) is 41.5 Å². The van der Waals surface area contributed by atoms with Gasteiger partial charge in [-0.05, 0) is 53.8 Å². The van der Waals surface area contributed by atoms with Crippen LogP contribution >= 0.6 is 11.6 Å². The number of ether oxygens (including phenoxy) is 1. The van der Waals surface area contributed by atoms with E-state index in [9.17, 15) is 18.3 Å². The Labute approximate surface area is 153 Å². The maximum atomic E-state index is 12.5. The lowest BCUT2D eigenvalue weighted by Crippen LogP contribution is -2.29. The van der Waals surface area contributed by atoms with Gasteiger partial charge in [-0.25, -0.2) is 0 Å². The Balaban J connectivity index is 1.72. The zero-order valence-corrected chi connectivity index (χ0v) is 14.2. The van der Waals surface area contributed by atoms with E-state index in [4.69, 9.17) is 11.6 Å². The lowest BCUT2D eigenvalue weighted by molar-refractivity contribution is -0.274. The van der Waals surface area contributed by atoms with Crippen LogP contribution in [0, 0.1) is 5.92 Å². The van der Waals surface area contributed by atoms with E-state index in [1.807, 2.05) is 12.2 Å². The number of rotatable bonds is 2. The number of fused-ring (bicyclic) bond motifs is 3. The molecule has 0 spiro atoms. The molecule has 0 bridgehead atoms. The molecule has 1 aliphatic heterocycles. The van der Waals surface area contributed by atoms with Gasteiger partial charge in [-0.2, -0.15) is 0 Å². The van der Waals surface area contributed by atoms with Gasteiger partial charge >= 0.3 is 6.36 Å². The average molecular weight is 382 g/mol. The molecule has 26 heavy (non-hydrogen) atoms. The fourth-order valence-electron chi connectivity index (χ4n) is 3.85. The van der Waals surface area contributed by atoms with Crippen LogP contribution in [0.1, 0.15) is 29.5 Å². The summed E-state index contributed by atoms with van der Waals surface area (Å²) in [6.45, 7) is 0. The van der Waals surface area contributed by atoms with Crippen molar-refractivity contribution >= 4 is 17.3 Å². The molecule has 2 aliphatic rings. The summed E-state index contributed by atoms with van der Waals surface area (Å²) in [6, 6.07) is 9.08. The van der Waals surface area contributed by atoms with Gasteiger partial charge in [0, 0.05) is 16.6 Å². The molecule has 1 heterocycles. The van der Waals surface area contributed by atoms with Crippen molar-refractivity contribution in [2.75, 3.05) is 5.32 Å². The predicted molar refractivity (Wildman–Crippen MR) is 92.6 cm³/mol. The Morgan fingerprint density at radius 1 is 1.12 bits per heavy atom. The largest absolute Gasteiger partial charge is 0.573 e. The third kappa shape index (κ3) is 3.09. The van der Waals surface area contributed by atoms with E-state index < -0.39 is 6.36 Å². The third-order valence-electron chi connectivity index (χ3n) is 4.89. The van der Waals surface area contributed by atoms with Crippen LogP contribution in [0.25, 0.3) is 0 Å². The summed E-state index contributed by atoms with van der Waals surface area (Å²) in [6.07, 6.45) is 0.112. The van der Waals surface area contributed by atoms with Crippen LogP contribution in [0.2, 0.25) is 5.02 Å². The molecule has 0 saturated heterocycles. The zero-order valence-electron chi connectivity index (χ0n) is 13.4. The normalized spacial score (nSPS) is 23.9. The number of hydrogen-bond donors (Lipinski definition) is 2. The molecule has 0 amide bonds. The van der Waals surface area contributed by atoms with E-state index in [2.05, 4.69) is 10.1 Å². The minimum Gasteiger partial charge on any atom is -0.508 e. The Kier molecular flexibility index (Phi) is 4.03. The van der Waals surface area contributed by atoms with Crippen LogP contribution in [0.3, 0.4) is 0 Å². The van der Waals surface area contributed by atoms with Crippen molar-refractivity contribution in [2.24, 2.45) is 5.92 Å². The van der Waals surface area contributed by atoms with Gasteiger partial charge in [0.1, 0.15) is 11.5 Å². The highest BCUT2D eigenvalue weighted by molar-refractivity contribution is 6.31. The van der Waals surface area contributed by atoms with Gasteiger partial charge in [-0.3, -0.25) is 0 Å². The Morgan fingerprint density at radius 2 is 1.92 bits per heavy atom. The highest BCUT2D eigenvalue weighted by atomic mass is 35.5. The summed E-state index contributed by atoms with van der Waals surface area (Å²) in [7, 11) is 0. The van der Waals surface area contributed by atoms with Crippen molar-refractivity contribution in [3.05, 3.63) is 64.7 Å². The molecule has 2 aromatic rings. The van der Waals surface area contributed by atoms with Gasteiger partial charge in [0.25, 0.3) is 0 Å². The molecular weight excluding hydrogens is 367 g/mol. The van der Waals surface area contributed by atoms with Crippen molar-refractivity contribution < 1.29 is 23.0 Å². The van der Waals surface area contributed by atoms with Crippen LogP contribution in [-0.4, -0.2) is 11.5 Å². The molecule has 2 N–H and O–H groups in total. The number of nitrogens with one attached hydrogen (secondary N) is 1. The second kappa shape index (κ2) is 6.13. The molecule has 1 aliphatic carbocycles. The fourth-order valence-corrected chi connectivity index (χ4v) is 4.14. The number of anilines is 1. The van der Waals surface area contributed by atoms with Gasteiger partial charge < -0.3 is 15.2 Å². The maximum Gasteiger partial charge on any atom is 0.573 e. The molecule has 2 aromatic carbocycles. The summed E-state index contributed by atoms with van der Waals surface area (Å²) in [5.41, 5.74) is 2.38. The number of alkyl halides is 3. The Morgan fingerprint density at radius 3 is 2.65 bits per heavy atom. The lowest BCUT2D eigenvalue weighted by atomic mass is 9.77. The summed E-state index contributed by atoms with van der Waals surface area (Å²) >= 11 is 6.31. The molecule has 7 heteroatoms. The molecule has 3 nitrogen and oxygen atoms in total. The fraction of sp³-hybridized carbons (Fsp3) is 0.263. The van der Waals surface area contributed by atoms with Crippen molar-refractivity contribution in [3.63, 3.8) is 0 Å². The number of phenols is 1. The minimum absolute atomic E-state index is 0.0297. The van der Waals surface area contributed by atoms with Crippen LogP contribution in [0.4, 0.5) is 18.9 Å². The smallest absolute Gasteiger partial charge is 0.508 e. The number of aromatic hydroxyl groups is 1. The molecule has 3 unspecified atom stereocenters. The van der Waals surface area contributed by atoms with Gasteiger partial charge in [0.15, 0.2) is 0 Å². The third-order valence-corrected chi connectivity index (χ3v) is 5.21. The molecule has 0 saturated carbocycles. The Bertz CT molecular complexity index is 882. The zero-order chi connectivity index (χ0) is 18.5. The van der Waals surface area contributed by atoms with Crippen molar-refractivity contribution in [3.8, 4) is 11.5 Å². The number of halogens is 4. The van der Waals surface area contributed by atoms with Crippen molar-refractivity contribution in [1.29, 1.82) is 0 Å². The molecule has 0 fully saturated rings. The summed E-state index contributed by atoms with van der Waals surface area (Å²) in [5.74, 6) is -0.0493. The van der Waals surface area contributed by atoms with Crippen molar-refractivity contribution in [2.45, 2.75) is 24.7 Å². The summed E-state index contributed by atoms with van der Waals surface area (Å²) in [5, 5.41) is 13.4. The van der Waals surface area contributed by atoms with Gasteiger partial charge in [0.2, 0.25) is 0 Å². The molecule has 3 atom stereocenters. The molecule has 0 aromatic heterocycles. The highest BCUT2D eigenvalue weighted by Crippen LogP contribution is 2.51. The van der Waals surface area contributed by atoms with Gasteiger partial charge in [-0.1, -0.05) is 29.8 Å². The molecule has 4 rings (SSSR count). The van der Waals surface area contributed by atoms with E-state index in [-0.39, 0.29) is 29.4 Å². The quantitative estimate of drug-likeness (QED) is 0.649. The number of benzene rings is 2. The first kappa shape index (κ1) is 17.1. The molecular formula is C19H15ClF3NO2. The van der Waals surface area contributed by atoms with E-state index in [0.29, 0.717) is 5.02 Å². The number of allylic oxidation sites excluding steroid dienone is 2. The minimum atomic E-state index is -4.72. The van der Waals surface area contributed by atoms with Crippen LogP contribution in [0.5, 0.6) is 11.5 Å². The van der Waals surface area contributed by atoms with E-state index in [1.165, 1.54) is 18.2 Å². The van der Waals surface area contributed by atoms with Crippen molar-refractivity contribution in [1.82, 2.24) is 0 Å². The van der Waals surface area contributed by atoms with E-state index in [0.717, 1.165) is 23.2 Å². The predicted octanol–water partition coefficient (Wildman–Crippen LogP) is 5.77. The van der Waals surface area contributed by atoms with Gasteiger partial charge in [-0.15, -0.1) is 13.2 Å². The standard InChI is InChI=1S/C19H15ClF3NO2/c20-16-8-10(25)4-6-14(16)18-13-3-1-2-12(13)15-9-11(26-19(21,22)23)5-7-17(15)24-18/h1-2,4-9,12-13,18,24-25H,3H2. The molecule has 136 valence electrons. The number of hydrogen-bond acceptors (Lipinski definition) is 3. The average Bonchev–Trinajstić information content (AvgIpc) is 3.03. The van der Waals surface area contributed by atoms with Crippen LogP contribution in [-0.2, 0) is 0 Å². The Hall–Kier alpha value is -2.34.